The molecule has 7 nitrogen and oxygen atoms in total. The maximum Gasteiger partial charge on any atom is 0.307 e. The van der Waals surface area contributed by atoms with Gasteiger partial charge in [0.1, 0.15) is 5.82 Å². The number of carbonyl (C=O) groups is 3. The van der Waals surface area contributed by atoms with Gasteiger partial charge in [-0.25, -0.2) is 4.39 Å². The molecular weight excluding hydrogens is 365 g/mol. The number of halogens is 1. The summed E-state index contributed by atoms with van der Waals surface area (Å²) in [4.78, 5) is 39.0. The van der Waals surface area contributed by atoms with Crippen LogP contribution < -0.4 is 10.6 Å². The fraction of sp³-hybridized carbons (Fsp3) is 0.250. The molecule has 0 aliphatic carbocycles. The Morgan fingerprint density at radius 3 is 2.75 bits per heavy atom. The minimum atomic E-state index is -0.439. The number of hydrogen-bond acceptors (Lipinski definition) is 4. The highest BCUT2D eigenvalue weighted by atomic mass is 19.1. The lowest BCUT2D eigenvalue weighted by Crippen LogP contribution is -2.27. The van der Waals surface area contributed by atoms with Gasteiger partial charge in [0.2, 0.25) is 0 Å². The van der Waals surface area contributed by atoms with E-state index in [4.69, 9.17) is 0 Å². The van der Waals surface area contributed by atoms with Crippen molar-refractivity contribution in [2.75, 3.05) is 19.0 Å². The number of hydrogen-bond donors (Lipinski definition) is 3. The van der Waals surface area contributed by atoms with E-state index in [1.165, 1.54) is 25.3 Å². The number of rotatable bonds is 5. The fourth-order valence-electron chi connectivity index (χ4n) is 3.18. The molecule has 1 aromatic carbocycles. The molecule has 28 heavy (non-hydrogen) atoms. The predicted molar refractivity (Wildman–Crippen MR) is 102 cm³/mol. The number of nitrogens with one attached hydrogen (secondary N) is 3. The van der Waals surface area contributed by atoms with Gasteiger partial charge in [-0.2, -0.15) is 0 Å². The third-order valence-corrected chi connectivity index (χ3v) is 4.60. The van der Waals surface area contributed by atoms with E-state index in [2.05, 4.69) is 20.4 Å². The second-order valence-corrected chi connectivity index (χ2v) is 6.45. The quantitative estimate of drug-likeness (QED) is 0.544. The van der Waals surface area contributed by atoms with Crippen molar-refractivity contribution in [2.45, 2.75) is 20.3 Å². The standard InChI is InChI=1S/C20H20FN3O4/c1-10-16(9-14-13-8-12(21)4-5-15(13)24-19(14)26)23-11(2)18(10)20(27)22-7-6-17(25)28-3/h4-5,8-9,23H,6-7H2,1-3H3,(H,22,27)(H,24,26)/b14-9-. The van der Waals surface area contributed by atoms with Gasteiger partial charge in [-0.3, -0.25) is 14.4 Å². The van der Waals surface area contributed by atoms with Gasteiger partial charge in [0.15, 0.2) is 0 Å². The Kier molecular flexibility index (Phi) is 5.30. The third-order valence-electron chi connectivity index (χ3n) is 4.60. The Labute approximate surface area is 161 Å². The molecule has 0 bridgehead atoms. The molecule has 2 amide bonds. The Bertz CT molecular complexity index is 1010. The van der Waals surface area contributed by atoms with Crippen LogP contribution in [0.1, 0.15) is 39.3 Å². The molecule has 0 unspecified atom stereocenters. The van der Waals surface area contributed by atoms with Gasteiger partial charge in [0.05, 0.1) is 24.7 Å². The van der Waals surface area contributed by atoms with E-state index >= 15 is 0 Å². The molecule has 0 fully saturated rings. The second-order valence-electron chi connectivity index (χ2n) is 6.45. The maximum absolute atomic E-state index is 13.6. The van der Waals surface area contributed by atoms with Crippen LogP contribution in [0.3, 0.4) is 0 Å². The number of benzene rings is 1. The van der Waals surface area contributed by atoms with Crippen LogP contribution in [-0.2, 0) is 14.3 Å². The molecule has 2 aromatic rings. The van der Waals surface area contributed by atoms with Gasteiger partial charge >= 0.3 is 5.97 Å². The highest BCUT2D eigenvalue weighted by molar-refractivity contribution is 6.34. The number of anilines is 1. The van der Waals surface area contributed by atoms with Crippen molar-refractivity contribution >= 4 is 35.1 Å². The first-order valence-electron chi connectivity index (χ1n) is 8.69. The van der Waals surface area contributed by atoms with Crippen molar-refractivity contribution in [1.29, 1.82) is 0 Å². The van der Waals surface area contributed by atoms with Crippen LogP contribution in [0.15, 0.2) is 18.2 Å². The smallest absolute Gasteiger partial charge is 0.307 e. The van der Waals surface area contributed by atoms with Gasteiger partial charge in [-0.05, 0) is 43.7 Å². The number of esters is 1. The van der Waals surface area contributed by atoms with Gasteiger partial charge < -0.3 is 20.4 Å². The number of H-pyrrole nitrogens is 1. The summed E-state index contributed by atoms with van der Waals surface area (Å²) in [5.74, 6) is -1.52. The van der Waals surface area contributed by atoms with Gasteiger partial charge in [0, 0.05) is 29.2 Å². The molecule has 0 atom stereocenters. The van der Waals surface area contributed by atoms with E-state index in [9.17, 15) is 18.8 Å². The average molecular weight is 385 g/mol. The van der Waals surface area contributed by atoms with Crippen molar-refractivity contribution in [1.82, 2.24) is 10.3 Å². The van der Waals surface area contributed by atoms with Crippen molar-refractivity contribution in [3.05, 3.63) is 52.1 Å². The first-order chi connectivity index (χ1) is 13.3. The lowest BCUT2D eigenvalue weighted by atomic mass is 10.0. The minimum absolute atomic E-state index is 0.0736. The molecule has 8 heteroatoms. The van der Waals surface area contributed by atoms with Gasteiger partial charge in [-0.1, -0.05) is 0 Å². The number of amides is 2. The lowest BCUT2D eigenvalue weighted by molar-refractivity contribution is -0.140. The molecule has 2 heterocycles. The molecule has 146 valence electrons. The molecule has 0 radical (unpaired) electrons. The van der Waals surface area contributed by atoms with Crippen LogP contribution >= 0.6 is 0 Å². The third kappa shape index (κ3) is 3.66. The number of aromatic nitrogens is 1. The zero-order valence-corrected chi connectivity index (χ0v) is 15.7. The zero-order chi connectivity index (χ0) is 20.4. The highest BCUT2D eigenvalue weighted by Gasteiger charge is 2.26. The van der Waals surface area contributed by atoms with Crippen molar-refractivity contribution in [3.8, 4) is 0 Å². The SMILES string of the molecule is COC(=O)CCNC(=O)c1c(C)[nH]c(/C=C2\C(=O)Nc3ccc(F)cc32)c1C. The van der Waals surface area contributed by atoms with Crippen molar-refractivity contribution < 1.29 is 23.5 Å². The molecule has 1 aliphatic rings. The topological polar surface area (TPSA) is 100 Å². The van der Waals surface area contributed by atoms with Gasteiger partial charge in [-0.15, -0.1) is 0 Å². The molecule has 3 rings (SSSR count). The Morgan fingerprint density at radius 2 is 2.04 bits per heavy atom. The van der Waals surface area contributed by atoms with Crippen LogP contribution in [0.2, 0.25) is 0 Å². The van der Waals surface area contributed by atoms with E-state index in [1.54, 1.807) is 19.9 Å². The summed E-state index contributed by atoms with van der Waals surface area (Å²) >= 11 is 0. The zero-order valence-electron chi connectivity index (χ0n) is 15.7. The van der Waals surface area contributed by atoms with E-state index in [0.29, 0.717) is 39.3 Å². The first-order valence-corrected chi connectivity index (χ1v) is 8.69. The highest BCUT2D eigenvalue weighted by Crippen LogP contribution is 2.34. The summed E-state index contributed by atoms with van der Waals surface area (Å²) in [6, 6.07) is 4.09. The van der Waals surface area contributed by atoms with Crippen LogP contribution in [0.4, 0.5) is 10.1 Å². The molecule has 0 saturated heterocycles. The molecule has 3 N–H and O–H groups in total. The average Bonchev–Trinajstić information content (AvgIpc) is 3.11. The summed E-state index contributed by atoms with van der Waals surface area (Å²) in [5.41, 5.74) is 3.63. The first kappa shape index (κ1) is 19.3. The number of methoxy groups -OCH3 is 1. The van der Waals surface area contributed by atoms with E-state index in [1.807, 2.05) is 0 Å². The number of aryl methyl sites for hydroxylation is 1. The number of aromatic amines is 1. The summed E-state index contributed by atoms with van der Waals surface area (Å²) in [7, 11) is 1.29. The fourth-order valence-corrected chi connectivity index (χ4v) is 3.18. The molecule has 1 aliphatic heterocycles. The summed E-state index contributed by atoms with van der Waals surface area (Å²) in [5, 5.41) is 5.37. The Morgan fingerprint density at radius 1 is 1.29 bits per heavy atom. The lowest BCUT2D eigenvalue weighted by Gasteiger charge is -2.05. The van der Waals surface area contributed by atoms with Crippen LogP contribution in [0.25, 0.3) is 11.6 Å². The number of ether oxygens (including phenoxy) is 1. The monoisotopic (exact) mass is 385 g/mol. The molecule has 0 saturated carbocycles. The van der Waals surface area contributed by atoms with Crippen LogP contribution in [0, 0.1) is 19.7 Å². The summed E-state index contributed by atoms with van der Waals surface area (Å²) < 4.78 is 18.1. The normalized spacial score (nSPS) is 14.0. The summed E-state index contributed by atoms with van der Waals surface area (Å²) in [6.07, 6.45) is 1.68. The summed E-state index contributed by atoms with van der Waals surface area (Å²) in [6.45, 7) is 3.65. The molecule has 1 aromatic heterocycles. The Balaban J connectivity index is 1.88. The molecular formula is C20H20FN3O4. The predicted octanol–water partition coefficient (Wildman–Crippen LogP) is 2.56. The van der Waals surface area contributed by atoms with E-state index in [-0.39, 0.29) is 24.8 Å². The maximum atomic E-state index is 13.6. The molecule has 0 spiro atoms. The Hall–Kier alpha value is -3.42. The van der Waals surface area contributed by atoms with Crippen LogP contribution in [-0.4, -0.2) is 36.4 Å². The van der Waals surface area contributed by atoms with Gasteiger partial charge in [0.25, 0.3) is 11.8 Å². The number of fused-ring (bicyclic) bond motifs is 1. The van der Waals surface area contributed by atoms with Crippen LogP contribution in [0.5, 0.6) is 0 Å². The minimum Gasteiger partial charge on any atom is -0.469 e. The number of carbonyl (C=O) groups excluding carboxylic acids is 3. The van der Waals surface area contributed by atoms with E-state index < -0.39 is 11.8 Å². The second kappa shape index (κ2) is 7.67. The van der Waals surface area contributed by atoms with Crippen molar-refractivity contribution in [3.63, 3.8) is 0 Å². The van der Waals surface area contributed by atoms with Crippen molar-refractivity contribution in [2.24, 2.45) is 0 Å². The van der Waals surface area contributed by atoms with E-state index in [0.717, 1.165) is 0 Å². The largest absolute Gasteiger partial charge is 0.469 e.